The van der Waals surface area contributed by atoms with Crippen LogP contribution in [-0.4, -0.2) is 53.4 Å². The Morgan fingerprint density at radius 1 is 1.07 bits per heavy atom. The molecule has 1 aliphatic rings. The van der Waals surface area contributed by atoms with Gasteiger partial charge in [-0.15, -0.1) is 0 Å². The van der Waals surface area contributed by atoms with E-state index in [1.807, 2.05) is 53.6 Å². The maximum absolute atomic E-state index is 12.4. The molecular weight excluding hydrogens is 584 g/mol. The number of hydrogen-bond acceptors (Lipinski definition) is 8. The van der Waals surface area contributed by atoms with E-state index in [-0.39, 0.29) is 30.3 Å². The molecule has 1 aliphatic heterocycles. The van der Waals surface area contributed by atoms with Crippen molar-refractivity contribution in [1.82, 2.24) is 14.9 Å². The number of amides is 1. The lowest BCUT2D eigenvalue weighted by Crippen LogP contribution is -2.29. The second-order valence-electron chi connectivity index (χ2n) is 10.1. The molecule has 5 rings (SSSR count). The number of carbonyl (C=O) groups is 1. The molecule has 0 saturated carbocycles. The Labute approximate surface area is 259 Å². The molecule has 228 valence electrons. The van der Waals surface area contributed by atoms with Crippen LogP contribution in [-0.2, 0) is 9.53 Å². The highest BCUT2D eigenvalue weighted by Gasteiger charge is 2.42. The minimum Gasteiger partial charge on any atom is -0.495 e. The van der Waals surface area contributed by atoms with Gasteiger partial charge >= 0.3 is 0 Å². The van der Waals surface area contributed by atoms with Crippen molar-refractivity contribution in [3.05, 3.63) is 99.6 Å². The zero-order valence-electron chi connectivity index (χ0n) is 24.9. The molecular formula is C31H32N6O6S. The van der Waals surface area contributed by atoms with Crippen LogP contribution in [0.4, 0.5) is 17.1 Å². The second kappa shape index (κ2) is 12.7. The van der Waals surface area contributed by atoms with Gasteiger partial charge in [-0.25, -0.2) is 0 Å². The number of aryl methyl sites for hydroxylation is 1. The maximum Gasteiger partial charge on any atom is 0.273 e. The van der Waals surface area contributed by atoms with Gasteiger partial charge in [-0.3, -0.25) is 19.9 Å². The maximum atomic E-state index is 12.4. The van der Waals surface area contributed by atoms with Gasteiger partial charge in [-0.05, 0) is 74.1 Å². The second-order valence-corrected chi connectivity index (χ2v) is 10.5. The summed E-state index contributed by atoms with van der Waals surface area (Å²) in [5, 5.41) is 18.2. The SMILES string of the molecule is COCC(=O)Nc1cc(N2C(=S)N[C@H](c3ccccn3)[C@@H]2c2cc(C)n(-c3ccc([N+](=O)[O-])cc3OC)c2C)ccc1OC. The Hall–Kier alpha value is -5.01. The van der Waals surface area contributed by atoms with Crippen molar-refractivity contribution < 1.29 is 23.9 Å². The van der Waals surface area contributed by atoms with Crippen molar-refractivity contribution in [3.63, 3.8) is 0 Å². The number of pyridine rings is 1. The van der Waals surface area contributed by atoms with Crippen LogP contribution in [0.15, 0.2) is 66.9 Å². The number of aromatic nitrogens is 2. The van der Waals surface area contributed by atoms with Gasteiger partial charge < -0.3 is 34.3 Å². The summed E-state index contributed by atoms with van der Waals surface area (Å²) in [6.45, 7) is 3.84. The van der Waals surface area contributed by atoms with E-state index < -0.39 is 4.92 Å². The fourth-order valence-electron chi connectivity index (χ4n) is 5.63. The molecule has 0 spiro atoms. The molecule has 12 nitrogen and oxygen atoms in total. The zero-order valence-corrected chi connectivity index (χ0v) is 25.7. The summed E-state index contributed by atoms with van der Waals surface area (Å²) in [6, 6.07) is 17.1. The smallest absolute Gasteiger partial charge is 0.273 e. The van der Waals surface area contributed by atoms with E-state index in [9.17, 15) is 14.9 Å². The highest BCUT2D eigenvalue weighted by Crippen LogP contribution is 2.45. The monoisotopic (exact) mass is 616 g/mol. The lowest BCUT2D eigenvalue weighted by molar-refractivity contribution is -0.384. The van der Waals surface area contributed by atoms with Gasteiger partial charge in [-0.1, -0.05) is 6.07 Å². The summed E-state index contributed by atoms with van der Waals surface area (Å²) in [5.74, 6) is 0.531. The first-order chi connectivity index (χ1) is 21.2. The third-order valence-electron chi connectivity index (χ3n) is 7.51. The number of rotatable bonds is 10. The quantitative estimate of drug-likeness (QED) is 0.140. The van der Waals surface area contributed by atoms with Gasteiger partial charge in [0, 0.05) is 36.4 Å². The number of benzene rings is 2. The van der Waals surface area contributed by atoms with Crippen LogP contribution >= 0.6 is 12.2 Å². The van der Waals surface area contributed by atoms with Crippen LogP contribution in [0.25, 0.3) is 5.69 Å². The predicted molar refractivity (Wildman–Crippen MR) is 170 cm³/mol. The number of nitrogens with one attached hydrogen (secondary N) is 2. The van der Waals surface area contributed by atoms with E-state index in [1.54, 1.807) is 18.3 Å². The number of methoxy groups -OCH3 is 3. The lowest BCUT2D eigenvalue weighted by atomic mass is 9.96. The number of carbonyl (C=O) groups excluding carboxylic acids is 1. The number of hydrogen-bond donors (Lipinski definition) is 2. The Bertz CT molecular complexity index is 1730. The van der Waals surface area contributed by atoms with Gasteiger partial charge in [0.25, 0.3) is 5.69 Å². The topological polar surface area (TPSA) is 133 Å². The molecule has 0 aliphatic carbocycles. The summed E-state index contributed by atoms with van der Waals surface area (Å²) < 4.78 is 18.1. The summed E-state index contributed by atoms with van der Waals surface area (Å²) in [7, 11) is 4.47. The minimum absolute atomic E-state index is 0.0621. The number of ether oxygens (including phenoxy) is 3. The van der Waals surface area contributed by atoms with Gasteiger partial charge in [0.2, 0.25) is 5.91 Å². The Morgan fingerprint density at radius 2 is 1.84 bits per heavy atom. The minimum atomic E-state index is -0.450. The van der Waals surface area contributed by atoms with E-state index in [4.69, 9.17) is 26.4 Å². The van der Waals surface area contributed by atoms with Crippen LogP contribution in [0.5, 0.6) is 11.5 Å². The van der Waals surface area contributed by atoms with Crippen molar-refractivity contribution in [1.29, 1.82) is 0 Å². The Balaban J connectivity index is 1.66. The van der Waals surface area contributed by atoms with Gasteiger partial charge in [0.15, 0.2) is 5.11 Å². The number of nitro groups is 1. The molecule has 1 amide bonds. The van der Waals surface area contributed by atoms with Crippen LogP contribution in [0, 0.1) is 24.0 Å². The standard InChI is InChI=1S/C31H32N6O6S/c1-18-14-22(19(2)35(18)25-11-9-21(37(39)40)16-27(25)43-5)30-29(23-8-6-7-13-32-23)34-31(44)36(30)20-10-12-26(42-4)24(15-20)33-28(38)17-41-3/h6-16,29-30H,17H2,1-5H3,(H,33,38)(H,34,44)/t29-,30+/m1/s1. The van der Waals surface area contributed by atoms with Crippen molar-refractivity contribution >= 4 is 40.3 Å². The van der Waals surface area contributed by atoms with E-state index in [0.29, 0.717) is 28.0 Å². The van der Waals surface area contributed by atoms with E-state index in [2.05, 4.69) is 21.7 Å². The number of nitro benzene ring substituents is 1. The molecule has 13 heteroatoms. The van der Waals surface area contributed by atoms with Gasteiger partial charge in [-0.2, -0.15) is 0 Å². The fraction of sp³-hybridized carbons (Fsp3) is 0.258. The number of nitrogens with zero attached hydrogens (tertiary/aromatic N) is 4. The van der Waals surface area contributed by atoms with Crippen LogP contribution < -0.4 is 25.0 Å². The van der Waals surface area contributed by atoms with E-state index >= 15 is 0 Å². The van der Waals surface area contributed by atoms with Crippen molar-refractivity contribution in [2.24, 2.45) is 0 Å². The van der Waals surface area contributed by atoms with Gasteiger partial charge in [0.05, 0.1) is 54.4 Å². The summed E-state index contributed by atoms with van der Waals surface area (Å²) in [4.78, 5) is 30.1. The molecule has 1 fully saturated rings. The van der Waals surface area contributed by atoms with Crippen molar-refractivity contribution in [2.75, 3.05) is 38.2 Å². The molecule has 0 bridgehead atoms. The first-order valence-corrected chi connectivity index (χ1v) is 14.1. The third-order valence-corrected chi connectivity index (χ3v) is 7.83. The summed E-state index contributed by atoms with van der Waals surface area (Å²) in [5.41, 5.74) is 5.32. The first kappa shape index (κ1) is 30.4. The van der Waals surface area contributed by atoms with Crippen LogP contribution in [0.2, 0.25) is 0 Å². The average molecular weight is 617 g/mol. The molecule has 2 N–H and O–H groups in total. The first-order valence-electron chi connectivity index (χ1n) is 13.7. The molecule has 4 aromatic rings. The molecule has 0 unspecified atom stereocenters. The third kappa shape index (κ3) is 5.66. The van der Waals surface area contributed by atoms with E-state index in [1.165, 1.54) is 33.5 Å². The predicted octanol–water partition coefficient (Wildman–Crippen LogP) is 5.18. The average Bonchev–Trinajstić information content (AvgIpc) is 3.51. The molecule has 3 heterocycles. The number of non-ortho nitro benzene ring substituents is 1. The normalized spacial score (nSPS) is 16.0. The summed E-state index contributed by atoms with van der Waals surface area (Å²) >= 11 is 5.92. The van der Waals surface area contributed by atoms with Crippen LogP contribution in [0.3, 0.4) is 0 Å². The summed E-state index contributed by atoms with van der Waals surface area (Å²) in [6.07, 6.45) is 1.74. The van der Waals surface area contributed by atoms with Crippen molar-refractivity contribution in [2.45, 2.75) is 25.9 Å². The molecule has 44 heavy (non-hydrogen) atoms. The highest BCUT2D eigenvalue weighted by molar-refractivity contribution is 7.80. The Morgan fingerprint density at radius 3 is 2.50 bits per heavy atom. The molecule has 2 aromatic heterocycles. The number of anilines is 2. The van der Waals surface area contributed by atoms with E-state index in [0.717, 1.165) is 28.3 Å². The highest BCUT2D eigenvalue weighted by atomic mass is 32.1. The number of thiocarbonyl (C=S) groups is 1. The molecule has 1 saturated heterocycles. The zero-order chi connectivity index (χ0) is 31.5. The molecule has 2 atom stereocenters. The fourth-order valence-corrected chi connectivity index (χ4v) is 5.98. The largest absolute Gasteiger partial charge is 0.495 e. The van der Waals surface area contributed by atoms with Gasteiger partial charge in [0.1, 0.15) is 18.1 Å². The molecule has 2 aromatic carbocycles. The van der Waals surface area contributed by atoms with Crippen molar-refractivity contribution in [3.8, 4) is 17.2 Å². The Kier molecular flexibility index (Phi) is 8.78. The van der Waals surface area contributed by atoms with Crippen LogP contribution in [0.1, 0.15) is 34.7 Å². The lowest BCUT2D eigenvalue weighted by Gasteiger charge is -2.29. The molecule has 0 radical (unpaired) electrons.